The minimum atomic E-state index is -0.199. The molecule has 0 aromatic carbocycles. The maximum absolute atomic E-state index is 6.28. The van der Waals surface area contributed by atoms with Crippen LogP contribution in [0.2, 0.25) is 0 Å². The van der Waals surface area contributed by atoms with Gasteiger partial charge in [0.2, 0.25) is 0 Å². The Labute approximate surface area is 33.2 Å². The minimum Gasteiger partial charge on any atom is -0.0857 e. The van der Waals surface area contributed by atoms with Gasteiger partial charge in [0.25, 0.3) is 0 Å². The van der Waals surface area contributed by atoms with Crippen molar-refractivity contribution in [2.75, 3.05) is 0 Å². The third-order valence-corrected chi connectivity index (χ3v) is 0.204. The van der Waals surface area contributed by atoms with Crippen LogP contribution in [0.3, 0.4) is 0 Å². The number of rotatable bonds is 0. The van der Waals surface area contributed by atoms with Gasteiger partial charge >= 0.3 is 0 Å². The Bertz CT molecular complexity index is 45.5. The predicted molar refractivity (Wildman–Crippen MR) is 21.3 cm³/mol. The smallest absolute Gasteiger partial charge is 0.0214 e. The van der Waals surface area contributed by atoms with Gasteiger partial charge in [0.15, 0.2) is 0 Å². The standard InChI is InChI=1S/C5H5/c1-4-5(2)3/h5H,2-3H2. The van der Waals surface area contributed by atoms with E-state index in [-0.39, 0.29) is 5.92 Å². The Hall–Kier alpha value is -0.440. The van der Waals surface area contributed by atoms with Crippen molar-refractivity contribution in [3.05, 3.63) is 20.3 Å². The van der Waals surface area contributed by atoms with Crippen LogP contribution in [0.1, 0.15) is 0 Å². The van der Waals surface area contributed by atoms with E-state index in [2.05, 4.69) is 19.8 Å². The summed E-state index contributed by atoms with van der Waals surface area (Å²) in [6.45, 7) is 6.69. The van der Waals surface area contributed by atoms with Crippen LogP contribution in [0.4, 0.5) is 0 Å². The summed E-state index contributed by atoms with van der Waals surface area (Å²) in [6.07, 6.45) is 6.28. The molecule has 0 unspecified atom stereocenters. The van der Waals surface area contributed by atoms with E-state index in [9.17, 15) is 0 Å². The van der Waals surface area contributed by atoms with Gasteiger partial charge in [0.1, 0.15) is 0 Å². The van der Waals surface area contributed by atoms with Gasteiger partial charge in [-0.2, -0.15) is 0 Å². The first-order valence-corrected chi connectivity index (χ1v) is 1.36. The normalized spacial score (nSPS) is 7.60. The average Bonchev–Trinajstić information content (AvgIpc) is 1.38. The van der Waals surface area contributed by atoms with Crippen molar-refractivity contribution in [2.45, 2.75) is 0 Å². The molecule has 3 radical (unpaired) electrons. The molecular formula is C5H5. The first kappa shape index (κ1) is 4.56. The lowest BCUT2D eigenvalue weighted by atomic mass is 10.2. The Balaban J connectivity index is 2.94. The SMILES string of the molecule is [C]#CC([CH2])[CH2]. The summed E-state index contributed by atoms with van der Waals surface area (Å²) in [5.74, 6) is 1.86. The van der Waals surface area contributed by atoms with Crippen LogP contribution in [0.15, 0.2) is 0 Å². The molecule has 0 heteroatoms. The molecule has 0 N–H and O–H groups in total. The molecule has 5 heavy (non-hydrogen) atoms. The van der Waals surface area contributed by atoms with Crippen LogP contribution in [0.25, 0.3) is 0 Å². The Morgan fingerprint density at radius 3 is 1.80 bits per heavy atom. The van der Waals surface area contributed by atoms with Crippen molar-refractivity contribution in [3.8, 4) is 5.92 Å². The van der Waals surface area contributed by atoms with Crippen molar-refractivity contribution in [3.63, 3.8) is 0 Å². The monoisotopic (exact) mass is 65.0 g/mol. The topological polar surface area (TPSA) is 0 Å². The van der Waals surface area contributed by atoms with Crippen LogP contribution in [0, 0.1) is 32.1 Å². The second-order valence-electron chi connectivity index (χ2n) is 0.841. The van der Waals surface area contributed by atoms with Gasteiger partial charge in [-0.05, 0) is 20.3 Å². The van der Waals surface area contributed by atoms with Gasteiger partial charge in [-0.3, -0.25) is 0 Å². The van der Waals surface area contributed by atoms with Crippen molar-refractivity contribution in [1.82, 2.24) is 0 Å². The summed E-state index contributed by atoms with van der Waals surface area (Å²) in [6, 6.07) is 0. The molecule has 0 nitrogen and oxygen atoms in total. The van der Waals surface area contributed by atoms with E-state index in [1.54, 1.807) is 0 Å². The Morgan fingerprint density at radius 2 is 1.80 bits per heavy atom. The summed E-state index contributed by atoms with van der Waals surface area (Å²) in [4.78, 5) is 0. The van der Waals surface area contributed by atoms with E-state index in [0.717, 1.165) is 0 Å². The molecule has 0 saturated carbocycles. The van der Waals surface area contributed by atoms with E-state index in [1.807, 2.05) is 0 Å². The van der Waals surface area contributed by atoms with Gasteiger partial charge in [0, 0.05) is 5.92 Å². The highest BCUT2D eigenvalue weighted by Gasteiger charge is 1.75. The summed E-state index contributed by atoms with van der Waals surface area (Å²) in [7, 11) is 0. The molecular weight excluding hydrogens is 60.1 g/mol. The molecule has 0 aliphatic carbocycles. The molecule has 0 rings (SSSR count). The molecule has 25 valence electrons. The van der Waals surface area contributed by atoms with Gasteiger partial charge < -0.3 is 0 Å². The molecule has 0 fully saturated rings. The average molecular weight is 65.1 g/mol. The molecule has 0 aliphatic heterocycles. The molecule has 0 heterocycles. The zero-order chi connectivity index (χ0) is 4.28. The zero-order valence-electron chi connectivity index (χ0n) is 2.99. The molecule has 0 atom stereocenters. The quantitative estimate of drug-likeness (QED) is 0.367. The third-order valence-electron chi connectivity index (χ3n) is 0.204. The van der Waals surface area contributed by atoms with E-state index in [0.29, 0.717) is 0 Å². The summed E-state index contributed by atoms with van der Waals surface area (Å²) < 4.78 is 0. The van der Waals surface area contributed by atoms with Crippen molar-refractivity contribution in [1.29, 1.82) is 0 Å². The van der Waals surface area contributed by atoms with Crippen LogP contribution in [-0.2, 0) is 0 Å². The van der Waals surface area contributed by atoms with E-state index < -0.39 is 0 Å². The second-order valence-corrected chi connectivity index (χ2v) is 0.841. The van der Waals surface area contributed by atoms with Gasteiger partial charge in [-0.25, -0.2) is 0 Å². The first-order valence-electron chi connectivity index (χ1n) is 1.36. The van der Waals surface area contributed by atoms with Crippen molar-refractivity contribution in [2.24, 2.45) is 5.92 Å². The molecule has 0 amide bonds. The lowest BCUT2D eigenvalue weighted by Gasteiger charge is -1.78. The second kappa shape index (κ2) is 1.84. The minimum absolute atomic E-state index is 0.199. The first-order chi connectivity index (χ1) is 2.27. The molecule has 0 aliphatic rings. The van der Waals surface area contributed by atoms with Gasteiger partial charge in [-0.1, -0.05) is 5.92 Å². The highest BCUT2D eigenvalue weighted by atomic mass is 13.8. The maximum Gasteiger partial charge on any atom is 0.0214 e. The Morgan fingerprint density at radius 1 is 1.60 bits per heavy atom. The van der Waals surface area contributed by atoms with Crippen LogP contribution in [-0.4, -0.2) is 0 Å². The molecule has 0 aromatic heterocycles. The van der Waals surface area contributed by atoms with Crippen molar-refractivity contribution >= 4 is 0 Å². The lowest BCUT2D eigenvalue weighted by molar-refractivity contribution is 1.11. The fourth-order valence-electron chi connectivity index (χ4n) is 0. The molecule has 0 saturated heterocycles. The zero-order valence-corrected chi connectivity index (χ0v) is 2.99. The van der Waals surface area contributed by atoms with Gasteiger partial charge in [-0.15, -0.1) is 0 Å². The number of hydrogen-bond acceptors (Lipinski definition) is 0. The Kier molecular flexibility index (Phi) is 1.68. The summed E-state index contributed by atoms with van der Waals surface area (Å²) >= 11 is 0. The number of hydrogen-bond donors (Lipinski definition) is 0. The summed E-state index contributed by atoms with van der Waals surface area (Å²) in [5, 5.41) is 0. The highest BCUT2D eigenvalue weighted by molar-refractivity contribution is 4.89. The predicted octanol–water partition coefficient (Wildman–Crippen LogP) is 0.861. The third kappa shape index (κ3) is 3.56. The van der Waals surface area contributed by atoms with Crippen LogP contribution < -0.4 is 0 Å². The van der Waals surface area contributed by atoms with Crippen molar-refractivity contribution < 1.29 is 0 Å². The molecule has 0 spiro atoms. The van der Waals surface area contributed by atoms with E-state index >= 15 is 0 Å². The van der Waals surface area contributed by atoms with E-state index in [1.165, 1.54) is 0 Å². The fraction of sp³-hybridized carbons (Fsp3) is 0.200. The largest absolute Gasteiger partial charge is 0.0857 e. The van der Waals surface area contributed by atoms with Crippen LogP contribution in [0.5, 0.6) is 0 Å². The van der Waals surface area contributed by atoms with E-state index in [4.69, 9.17) is 6.42 Å². The highest BCUT2D eigenvalue weighted by Crippen LogP contribution is 1.80. The van der Waals surface area contributed by atoms with Crippen LogP contribution >= 0.6 is 0 Å². The van der Waals surface area contributed by atoms with Gasteiger partial charge in [0.05, 0.1) is 0 Å². The molecule has 0 aromatic rings. The maximum atomic E-state index is 6.28. The fourth-order valence-corrected chi connectivity index (χ4v) is 0. The lowest BCUT2D eigenvalue weighted by Crippen LogP contribution is -1.74. The molecule has 0 bridgehead atoms. The summed E-state index contributed by atoms with van der Waals surface area (Å²) in [5.41, 5.74) is 0.